The molecule has 0 aliphatic rings. The van der Waals surface area contributed by atoms with Crippen molar-refractivity contribution in [2.75, 3.05) is 12.8 Å². The van der Waals surface area contributed by atoms with Gasteiger partial charge in [-0.1, -0.05) is 0 Å². The molecule has 0 aliphatic carbocycles. The summed E-state index contributed by atoms with van der Waals surface area (Å²) in [4.78, 5) is 23.2. The molecule has 1 aromatic rings. The summed E-state index contributed by atoms with van der Waals surface area (Å²) in [5.41, 5.74) is 4.42. The summed E-state index contributed by atoms with van der Waals surface area (Å²) in [5, 5.41) is 10.7. The molecule has 1 amide bonds. The molecular formula is C11H14FN3O3. The lowest BCUT2D eigenvalue weighted by molar-refractivity contribution is -0.384. The highest BCUT2D eigenvalue weighted by atomic mass is 19.1. The number of carbonyl (C=O) groups excluding carboxylic acids is 1. The highest BCUT2D eigenvalue weighted by Gasteiger charge is 2.24. The van der Waals surface area contributed by atoms with Gasteiger partial charge in [0.05, 0.1) is 16.6 Å². The molecule has 0 spiro atoms. The summed E-state index contributed by atoms with van der Waals surface area (Å²) in [6.45, 7) is 3.53. The molecule has 0 atom stereocenters. The summed E-state index contributed by atoms with van der Waals surface area (Å²) >= 11 is 0. The Morgan fingerprint density at radius 2 is 2.06 bits per heavy atom. The lowest BCUT2D eigenvalue weighted by Gasteiger charge is -2.22. The first kappa shape index (κ1) is 13.9. The van der Waals surface area contributed by atoms with Crippen LogP contribution in [0.15, 0.2) is 12.1 Å². The predicted molar refractivity (Wildman–Crippen MR) is 64.7 cm³/mol. The van der Waals surface area contributed by atoms with Gasteiger partial charge in [0.25, 0.3) is 11.6 Å². The average molecular weight is 255 g/mol. The van der Waals surface area contributed by atoms with E-state index in [-0.39, 0.29) is 17.3 Å². The molecule has 7 heteroatoms. The van der Waals surface area contributed by atoms with Crippen LogP contribution in [0.2, 0.25) is 0 Å². The fourth-order valence-electron chi connectivity index (χ4n) is 1.36. The largest absolute Gasteiger partial charge is 0.393 e. The van der Waals surface area contributed by atoms with E-state index in [1.165, 1.54) is 11.9 Å². The number of anilines is 1. The Kier molecular flexibility index (Phi) is 3.85. The molecule has 18 heavy (non-hydrogen) atoms. The van der Waals surface area contributed by atoms with Crippen molar-refractivity contribution in [1.82, 2.24) is 4.90 Å². The number of hydrogen-bond acceptors (Lipinski definition) is 4. The van der Waals surface area contributed by atoms with E-state index in [0.717, 1.165) is 6.07 Å². The standard InChI is InChI=1S/C11H14FN3O3/c1-6(2)14(3)11(16)8-4-7(12)5-9(10(8)13)15(17)18/h4-6H,13H2,1-3H3. The van der Waals surface area contributed by atoms with Crippen molar-refractivity contribution in [3.05, 3.63) is 33.6 Å². The van der Waals surface area contributed by atoms with Gasteiger partial charge in [-0.3, -0.25) is 14.9 Å². The third kappa shape index (κ3) is 2.55. The van der Waals surface area contributed by atoms with Crippen LogP contribution in [0.4, 0.5) is 15.8 Å². The van der Waals surface area contributed by atoms with Crippen molar-refractivity contribution in [3.63, 3.8) is 0 Å². The van der Waals surface area contributed by atoms with Crippen LogP contribution in [0.1, 0.15) is 24.2 Å². The number of nitro groups is 1. The number of nitrogens with two attached hydrogens (primary N) is 1. The van der Waals surface area contributed by atoms with Gasteiger partial charge in [-0.05, 0) is 19.9 Å². The maximum atomic E-state index is 13.3. The van der Waals surface area contributed by atoms with E-state index in [4.69, 9.17) is 5.73 Å². The van der Waals surface area contributed by atoms with Gasteiger partial charge in [-0.25, -0.2) is 4.39 Å². The zero-order valence-corrected chi connectivity index (χ0v) is 10.3. The van der Waals surface area contributed by atoms with Crippen LogP contribution < -0.4 is 5.73 Å². The van der Waals surface area contributed by atoms with Crippen LogP contribution in [0, 0.1) is 15.9 Å². The van der Waals surface area contributed by atoms with Crippen molar-refractivity contribution in [1.29, 1.82) is 0 Å². The van der Waals surface area contributed by atoms with E-state index in [9.17, 15) is 19.3 Å². The molecule has 0 bridgehead atoms. The van der Waals surface area contributed by atoms with E-state index < -0.39 is 22.3 Å². The molecule has 0 aromatic heterocycles. The smallest absolute Gasteiger partial charge is 0.295 e. The quantitative estimate of drug-likeness (QED) is 0.506. The maximum absolute atomic E-state index is 13.3. The van der Waals surface area contributed by atoms with E-state index in [0.29, 0.717) is 6.07 Å². The number of benzene rings is 1. The Labute approximate surface area is 103 Å². The van der Waals surface area contributed by atoms with Crippen molar-refractivity contribution in [2.45, 2.75) is 19.9 Å². The molecule has 0 radical (unpaired) electrons. The van der Waals surface area contributed by atoms with Gasteiger partial charge in [-0.15, -0.1) is 0 Å². The molecule has 0 unspecified atom stereocenters. The van der Waals surface area contributed by atoms with Crippen LogP contribution in [0.3, 0.4) is 0 Å². The van der Waals surface area contributed by atoms with E-state index in [2.05, 4.69) is 0 Å². The number of hydrogen-bond donors (Lipinski definition) is 1. The van der Waals surface area contributed by atoms with Crippen LogP contribution in [-0.4, -0.2) is 28.8 Å². The predicted octanol–water partition coefficient (Wildman–Crippen LogP) is 1.80. The Morgan fingerprint density at radius 1 is 1.50 bits per heavy atom. The Hall–Kier alpha value is -2.18. The first-order chi connectivity index (χ1) is 8.25. The molecule has 0 saturated carbocycles. The first-order valence-corrected chi connectivity index (χ1v) is 5.26. The molecule has 0 heterocycles. The summed E-state index contributed by atoms with van der Waals surface area (Å²) in [6, 6.07) is 1.48. The summed E-state index contributed by atoms with van der Waals surface area (Å²) in [6.07, 6.45) is 0. The Bertz CT molecular complexity index is 503. The molecule has 6 nitrogen and oxygen atoms in total. The topological polar surface area (TPSA) is 89.5 Å². The van der Waals surface area contributed by atoms with Crippen molar-refractivity contribution in [3.8, 4) is 0 Å². The second-order valence-electron chi connectivity index (χ2n) is 4.15. The normalized spacial score (nSPS) is 10.5. The lowest BCUT2D eigenvalue weighted by atomic mass is 10.1. The second-order valence-corrected chi connectivity index (χ2v) is 4.15. The minimum atomic E-state index is -0.864. The minimum absolute atomic E-state index is 0.126. The third-order valence-electron chi connectivity index (χ3n) is 2.65. The number of rotatable bonds is 3. The second kappa shape index (κ2) is 4.99. The SMILES string of the molecule is CC(C)N(C)C(=O)c1cc(F)cc([N+](=O)[O-])c1N. The highest BCUT2D eigenvalue weighted by Crippen LogP contribution is 2.27. The number of nitrogen functional groups attached to an aromatic ring is 1. The number of amides is 1. The maximum Gasteiger partial charge on any atom is 0.295 e. The fourth-order valence-corrected chi connectivity index (χ4v) is 1.36. The molecule has 1 rings (SSSR count). The Balaban J connectivity index is 3.33. The number of nitro benzene ring substituents is 1. The number of halogens is 1. The van der Waals surface area contributed by atoms with Gasteiger partial charge in [0.2, 0.25) is 0 Å². The molecule has 98 valence electrons. The number of nitrogens with zero attached hydrogens (tertiary/aromatic N) is 2. The van der Waals surface area contributed by atoms with Gasteiger partial charge in [0.15, 0.2) is 0 Å². The summed E-state index contributed by atoms with van der Waals surface area (Å²) < 4.78 is 13.3. The monoisotopic (exact) mass is 255 g/mol. The summed E-state index contributed by atoms with van der Waals surface area (Å²) in [5.74, 6) is -1.42. The van der Waals surface area contributed by atoms with Crippen molar-refractivity contribution < 1.29 is 14.1 Å². The fraction of sp³-hybridized carbons (Fsp3) is 0.364. The molecule has 0 fully saturated rings. The molecule has 0 saturated heterocycles. The molecule has 0 aliphatic heterocycles. The number of carbonyl (C=O) groups is 1. The van der Waals surface area contributed by atoms with Gasteiger partial charge in [0, 0.05) is 13.1 Å². The molecular weight excluding hydrogens is 241 g/mol. The lowest BCUT2D eigenvalue weighted by Crippen LogP contribution is -2.33. The van der Waals surface area contributed by atoms with Gasteiger partial charge >= 0.3 is 0 Å². The van der Waals surface area contributed by atoms with Gasteiger partial charge in [0.1, 0.15) is 11.5 Å². The zero-order valence-electron chi connectivity index (χ0n) is 10.3. The Morgan fingerprint density at radius 3 is 2.50 bits per heavy atom. The molecule has 2 N–H and O–H groups in total. The molecule has 1 aromatic carbocycles. The van der Waals surface area contributed by atoms with Crippen molar-refractivity contribution >= 4 is 17.3 Å². The van der Waals surface area contributed by atoms with E-state index in [1.807, 2.05) is 0 Å². The summed E-state index contributed by atoms with van der Waals surface area (Å²) in [7, 11) is 1.52. The van der Waals surface area contributed by atoms with Crippen LogP contribution in [0.25, 0.3) is 0 Å². The van der Waals surface area contributed by atoms with Gasteiger partial charge < -0.3 is 10.6 Å². The minimum Gasteiger partial charge on any atom is -0.393 e. The van der Waals surface area contributed by atoms with Crippen LogP contribution in [-0.2, 0) is 0 Å². The van der Waals surface area contributed by atoms with E-state index >= 15 is 0 Å². The van der Waals surface area contributed by atoms with E-state index in [1.54, 1.807) is 13.8 Å². The van der Waals surface area contributed by atoms with Crippen molar-refractivity contribution in [2.24, 2.45) is 0 Å². The average Bonchev–Trinajstić information content (AvgIpc) is 2.29. The zero-order chi connectivity index (χ0) is 14.0. The van der Waals surface area contributed by atoms with Gasteiger partial charge in [-0.2, -0.15) is 0 Å². The van der Waals surface area contributed by atoms with Crippen LogP contribution in [0.5, 0.6) is 0 Å². The van der Waals surface area contributed by atoms with Crippen LogP contribution >= 0.6 is 0 Å². The first-order valence-electron chi connectivity index (χ1n) is 5.26. The third-order valence-corrected chi connectivity index (χ3v) is 2.65. The highest BCUT2D eigenvalue weighted by molar-refractivity contribution is 6.01.